The molecule has 2 saturated carbocycles. The lowest BCUT2D eigenvalue weighted by Gasteiger charge is -2.53. The highest BCUT2D eigenvalue weighted by atomic mass is 16.7. The molecule has 0 aromatic heterocycles. The number of hydrogen-bond acceptors (Lipinski definition) is 5. The largest absolute Gasteiger partial charge is 0.390 e. The predicted molar refractivity (Wildman–Crippen MR) is 138 cm³/mol. The molecule has 0 amide bonds. The molecule has 35 heavy (non-hydrogen) atoms. The molecule has 5 nitrogen and oxygen atoms in total. The first-order valence-electron chi connectivity index (χ1n) is 13.3. The highest BCUT2D eigenvalue weighted by Crippen LogP contribution is 2.62. The Morgan fingerprint density at radius 2 is 1.89 bits per heavy atom. The summed E-state index contributed by atoms with van der Waals surface area (Å²) in [5.41, 5.74) is 1.90. The van der Waals surface area contributed by atoms with Crippen LogP contribution in [-0.4, -0.2) is 46.7 Å². The van der Waals surface area contributed by atoms with Crippen molar-refractivity contribution in [3.8, 4) is 0 Å². The molecular weight excluding hydrogens is 440 g/mol. The summed E-state index contributed by atoms with van der Waals surface area (Å²) in [5, 5.41) is 22.6. The second-order valence-corrected chi connectivity index (χ2v) is 12.1. The first-order chi connectivity index (χ1) is 16.4. The van der Waals surface area contributed by atoms with Crippen molar-refractivity contribution < 1.29 is 24.5 Å². The lowest BCUT2D eigenvalue weighted by Crippen LogP contribution is -2.58. The molecule has 4 aliphatic rings. The van der Waals surface area contributed by atoms with Crippen molar-refractivity contribution in [2.75, 3.05) is 6.61 Å². The van der Waals surface area contributed by atoms with Gasteiger partial charge in [-0.2, -0.15) is 0 Å². The fraction of sp³-hybridized carbons (Fsp3) is 0.700. The van der Waals surface area contributed by atoms with E-state index < -0.39 is 22.9 Å². The third kappa shape index (κ3) is 4.66. The van der Waals surface area contributed by atoms with E-state index in [1.165, 1.54) is 5.57 Å². The molecule has 2 saturated heterocycles. The number of carbonyl (C=O) groups excluding carboxylic acids is 1. The number of allylic oxidation sites excluding steroid dienone is 5. The molecule has 4 fully saturated rings. The van der Waals surface area contributed by atoms with Gasteiger partial charge in [0.05, 0.1) is 22.7 Å². The highest BCUT2D eigenvalue weighted by molar-refractivity contribution is 5.74. The van der Waals surface area contributed by atoms with Crippen molar-refractivity contribution in [2.45, 2.75) is 103 Å². The summed E-state index contributed by atoms with van der Waals surface area (Å²) >= 11 is 0. The Morgan fingerprint density at radius 3 is 2.57 bits per heavy atom. The van der Waals surface area contributed by atoms with Crippen molar-refractivity contribution in [3.63, 3.8) is 0 Å². The molecule has 2 aliphatic heterocycles. The van der Waals surface area contributed by atoms with Gasteiger partial charge in [-0.05, 0) is 97.0 Å². The van der Waals surface area contributed by atoms with Gasteiger partial charge in [0.25, 0.3) is 0 Å². The number of aliphatic hydroxyl groups is 2. The first kappa shape index (κ1) is 26.5. The third-order valence-electron chi connectivity index (χ3n) is 9.54. The van der Waals surface area contributed by atoms with Crippen molar-refractivity contribution >= 4 is 6.29 Å². The Labute approximate surface area is 211 Å². The quantitative estimate of drug-likeness (QED) is 0.236. The van der Waals surface area contributed by atoms with E-state index in [1.807, 2.05) is 27.7 Å². The summed E-state index contributed by atoms with van der Waals surface area (Å²) in [4.78, 5) is 11.7. The van der Waals surface area contributed by atoms with E-state index in [1.54, 1.807) is 0 Å². The lowest BCUT2D eigenvalue weighted by atomic mass is 9.53. The predicted octanol–water partition coefficient (Wildman–Crippen LogP) is 5.43. The molecule has 2 heterocycles. The molecule has 2 N–H and O–H groups in total. The van der Waals surface area contributed by atoms with Crippen molar-refractivity contribution in [2.24, 2.45) is 23.2 Å². The van der Waals surface area contributed by atoms with Crippen LogP contribution in [0.4, 0.5) is 0 Å². The maximum absolute atomic E-state index is 11.7. The minimum Gasteiger partial charge on any atom is -0.390 e. The van der Waals surface area contributed by atoms with Gasteiger partial charge in [0, 0.05) is 12.5 Å². The normalized spacial score (nSPS) is 45.7. The number of hydrogen-bond donors (Lipinski definition) is 2. The number of carbonyl (C=O) groups is 1. The van der Waals surface area contributed by atoms with Crippen LogP contribution in [0.15, 0.2) is 47.1 Å². The van der Waals surface area contributed by atoms with Crippen LogP contribution >= 0.6 is 0 Å². The SMILES string of the molecule is C=C(C)[C@H]1CC[C@@](C)(O)[C@@H]1/C=C/C(C)=C/[C@H]1C[C@@]23[C@H](OCCC[C@@H]2/C(=C(\C)C=O)CC[C@]3(C)O)O1. The summed E-state index contributed by atoms with van der Waals surface area (Å²) in [6.45, 7) is 14.6. The van der Waals surface area contributed by atoms with Crippen LogP contribution in [0.1, 0.15) is 79.6 Å². The molecule has 8 atom stereocenters. The van der Waals surface area contributed by atoms with Crippen LogP contribution in [0.2, 0.25) is 0 Å². The zero-order chi connectivity index (χ0) is 25.6. The van der Waals surface area contributed by atoms with Gasteiger partial charge in [0.2, 0.25) is 0 Å². The molecule has 0 aromatic carbocycles. The van der Waals surface area contributed by atoms with E-state index >= 15 is 0 Å². The van der Waals surface area contributed by atoms with Crippen LogP contribution in [0.25, 0.3) is 0 Å². The molecule has 0 unspecified atom stereocenters. The second-order valence-electron chi connectivity index (χ2n) is 12.1. The van der Waals surface area contributed by atoms with Gasteiger partial charge in [0.15, 0.2) is 6.29 Å². The summed E-state index contributed by atoms with van der Waals surface area (Å²) in [6.07, 6.45) is 12.1. The Hall–Kier alpha value is -1.53. The molecule has 5 heteroatoms. The Bertz CT molecular complexity index is 938. The summed E-state index contributed by atoms with van der Waals surface area (Å²) in [7, 11) is 0. The Balaban J connectivity index is 1.61. The summed E-state index contributed by atoms with van der Waals surface area (Å²) < 4.78 is 12.7. The number of aldehydes is 1. The minimum atomic E-state index is -0.942. The van der Waals surface area contributed by atoms with E-state index in [4.69, 9.17) is 9.47 Å². The van der Waals surface area contributed by atoms with E-state index in [2.05, 4.69) is 31.7 Å². The van der Waals surface area contributed by atoms with Gasteiger partial charge < -0.3 is 19.7 Å². The monoisotopic (exact) mass is 484 g/mol. The van der Waals surface area contributed by atoms with E-state index in [-0.39, 0.29) is 17.9 Å². The minimum absolute atomic E-state index is 0.0448. The first-order valence-corrected chi connectivity index (χ1v) is 13.3. The van der Waals surface area contributed by atoms with E-state index in [0.29, 0.717) is 25.4 Å². The van der Waals surface area contributed by atoms with Gasteiger partial charge in [-0.15, -0.1) is 0 Å². The zero-order valence-corrected chi connectivity index (χ0v) is 22.2. The highest BCUT2D eigenvalue weighted by Gasteiger charge is 2.65. The van der Waals surface area contributed by atoms with E-state index in [0.717, 1.165) is 55.1 Å². The third-order valence-corrected chi connectivity index (χ3v) is 9.54. The fourth-order valence-corrected chi connectivity index (χ4v) is 7.48. The lowest BCUT2D eigenvalue weighted by molar-refractivity contribution is -0.230. The van der Waals surface area contributed by atoms with Crippen molar-refractivity contribution in [1.29, 1.82) is 0 Å². The second kappa shape index (κ2) is 9.74. The topological polar surface area (TPSA) is 76.0 Å². The van der Waals surface area contributed by atoms with Crippen molar-refractivity contribution in [3.05, 3.63) is 47.1 Å². The van der Waals surface area contributed by atoms with Gasteiger partial charge in [-0.25, -0.2) is 0 Å². The maximum Gasteiger partial charge on any atom is 0.167 e. The van der Waals surface area contributed by atoms with Gasteiger partial charge in [-0.3, -0.25) is 4.79 Å². The van der Waals surface area contributed by atoms with Crippen LogP contribution in [-0.2, 0) is 14.3 Å². The molecule has 0 aromatic rings. The van der Waals surface area contributed by atoms with Gasteiger partial charge in [-0.1, -0.05) is 41.5 Å². The van der Waals surface area contributed by atoms with Gasteiger partial charge in [0.1, 0.15) is 6.29 Å². The number of rotatable bonds is 5. The summed E-state index contributed by atoms with van der Waals surface area (Å²) in [6, 6.07) is 0. The van der Waals surface area contributed by atoms with E-state index in [9.17, 15) is 15.0 Å². The molecular formula is C30H44O5. The molecule has 194 valence electrons. The molecule has 0 radical (unpaired) electrons. The standard InChI is InChI=1S/C30H44O5/c1-19(2)23-11-13-28(5,32)25(23)10-9-20(3)16-22-17-30-26(8-7-15-34-27(30)35-22)24(21(4)18-31)12-14-29(30,6)33/h9-10,16,18,22-23,25-27,32-33H,1,7-8,11-15,17H2,2-6H3/b10-9+,20-16+,24-21+/t22-,23+,25+,26+,27+,28+,29-,30-/m0/s1. The van der Waals surface area contributed by atoms with Crippen LogP contribution < -0.4 is 0 Å². The fourth-order valence-electron chi connectivity index (χ4n) is 7.48. The number of ether oxygens (including phenoxy) is 2. The van der Waals surface area contributed by atoms with Gasteiger partial charge >= 0.3 is 0 Å². The summed E-state index contributed by atoms with van der Waals surface area (Å²) in [5.74, 6) is 0.409. The average Bonchev–Trinajstić information content (AvgIpc) is 3.23. The zero-order valence-electron chi connectivity index (χ0n) is 22.2. The maximum atomic E-state index is 11.7. The van der Waals surface area contributed by atoms with Crippen LogP contribution in [0.3, 0.4) is 0 Å². The van der Waals surface area contributed by atoms with Crippen LogP contribution in [0, 0.1) is 23.2 Å². The average molecular weight is 485 g/mol. The molecule has 2 aliphatic carbocycles. The Kier molecular flexibility index (Phi) is 7.38. The Morgan fingerprint density at radius 1 is 1.14 bits per heavy atom. The molecule has 4 rings (SSSR count). The van der Waals surface area contributed by atoms with Crippen LogP contribution in [0.5, 0.6) is 0 Å². The van der Waals surface area contributed by atoms with Crippen molar-refractivity contribution in [1.82, 2.24) is 0 Å². The molecule has 1 spiro atoms. The molecule has 0 bridgehead atoms. The smallest absolute Gasteiger partial charge is 0.167 e.